The maximum absolute atomic E-state index is 14.3. The number of Topliss-reactive ketones (excluding diaryl/α,β-unsaturated/α-hetero) is 1. The first-order chi connectivity index (χ1) is 20.0. The smallest absolute Gasteiger partial charge is 0.232 e. The Balaban J connectivity index is 0.00000212. The molecule has 4 aromatic carbocycles. The van der Waals surface area contributed by atoms with Crippen LogP contribution in [0.5, 0.6) is 0 Å². The van der Waals surface area contributed by atoms with Gasteiger partial charge in [0.1, 0.15) is 11.6 Å². The van der Waals surface area contributed by atoms with Crippen LogP contribution >= 0.6 is 27.0 Å². The van der Waals surface area contributed by atoms with Gasteiger partial charge >= 0.3 is 0 Å². The average Bonchev–Trinajstić information content (AvgIpc) is 3.35. The van der Waals surface area contributed by atoms with Gasteiger partial charge in [0.05, 0.1) is 17.3 Å². The second kappa shape index (κ2) is 13.4. The fourth-order valence-corrected chi connectivity index (χ4v) is 5.95. The van der Waals surface area contributed by atoms with Crippen molar-refractivity contribution in [2.45, 2.75) is 26.2 Å². The number of rotatable bonds is 7. The summed E-state index contributed by atoms with van der Waals surface area (Å²) in [5.74, 6) is -1.04. The van der Waals surface area contributed by atoms with Gasteiger partial charge in [0.15, 0.2) is 5.78 Å². The number of para-hydroxylation sites is 1. The fourth-order valence-electron chi connectivity index (χ4n) is 5.95. The summed E-state index contributed by atoms with van der Waals surface area (Å²) in [6.45, 7) is 4.29. The summed E-state index contributed by atoms with van der Waals surface area (Å²) < 4.78 is 15.8. The maximum atomic E-state index is 14.3. The van der Waals surface area contributed by atoms with Crippen LogP contribution in [0, 0.1) is 18.7 Å². The number of fused-ring (bicyclic) bond motifs is 1. The van der Waals surface area contributed by atoms with E-state index in [-0.39, 0.29) is 50.9 Å². The lowest BCUT2D eigenvalue weighted by Gasteiger charge is -2.38. The minimum Gasteiger partial charge on any atom is -0.296 e. The predicted octanol–water partition coefficient (Wildman–Crippen LogP) is 7.60. The Morgan fingerprint density at radius 2 is 1.47 bits per heavy atom. The van der Waals surface area contributed by atoms with E-state index in [4.69, 9.17) is 5.10 Å². The Kier molecular flexibility index (Phi) is 9.94. The number of hydrogen-bond acceptors (Lipinski definition) is 3. The molecule has 0 saturated heterocycles. The molecule has 8 heteroatoms. The number of amides is 1. The lowest BCUT2D eigenvalue weighted by atomic mass is 9.74. The molecule has 2 heterocycles. The number of nitrogens with zero attached hydrogens (tertiary/aromatic N) is 3. The largest absolute Gasteiger partial charge is 0.296 e. The molecule has 2 atom stereocenters. The molecule has 1 aromatic heterocycles. The normalized spacial score (nSPS) is 15.7. The summed E-state index contributed by atoms with van der Waals surface area (Å²) in [6, 6.07) is 33.4. The van der Waals surface area contributed by atoms with Crippen LogP contribution in [-0.2, 0) is 4.79 Å². The van der Waals surface area contributed by atoms with Crippen LogP contribution in [0.15, 0.2) is 109 Å². The van der Waals surface area contributed by atoms with Gasteiger partial charge in [0.2, 0.25) is 5.91 Å². The van der Waals surface area contributed by atoms with Crippen LogP contribution in [0.25, 0.3) is 16.8 Å². The summed E-state index contributed by atoms with van der Waals surface area (Å²) in [5, 5.41) is 4.87. The second-order valence-electron chi connectivity index (χ2n) is 10.4. The third kappa shape index (κ3) is 6.03. The highest BCUT2D eigenvalue weighted by Crippen LogP contribution is 2.47. The van der Waals surface area contributed by atoms with E-state index in [9.17, 15) is 14.0 Å². The number of ketones is 1. The number of benzene rings is 4. The minimum absolute atomic E-state index is 0. The van der Waals surface area contributed by atoms with E-state index >= 15 is 0 Å². The summed E-state index contributed by atoms with van der Waals surface area (Å²) in [5.41, 5.74) is 5.80. The van der Waals surface area contributed by atoms with E-state index in [1.807, 2.05) is 97.4 Å². The Labute approximate surface area is 265 Å². The first-order valence-corrected chi connectivity index (χ1v) is 13.9. The molecule has 0 radical (unpaired) electrons. The molecule has 6 rings (SSSR count). The topological polar surface area (TPSA) is 55.2 Å². The first-order valence-electron chi connectivity index (χ1n) is 13.9. The van der Waals surface area contributed by atoms with Crippen LogP contribution in [0.1, 0.15) is 46.4 Å². The molecule has 0 N–H and O–H groups in total. The van der Waals surface area contributed by atoms with Crippen molar-refractivity contribution in [3.63, 3.8) is 0 Å². The highest BCUT2D eigenvalue weighted by molar-refractivity contribution is 7.59. The second-order valence-corrected chi connectivity index (χ2v) is 10.4. The summed E-state index contributed by atoms with van der Waals surface area (Å²) >= 11 is 0. The average molecular weight is 612 g/mol. The number of aromatic nitrogens is 2. The number of halogens is 1. The van der Waals surface area contributed by atoms with E-state index in [0.717, 1.165) is 33.6 Å². The van der Waals surface area contributed by atoms with Crippen molar-refractivity contribution in [1.82, 2.24) is 9.78 Å². The maximum Gasteiger partial charge on any atom is 0.232 e. The highest BCUT2D eigenvalue weighted by atomic mass is 32.1. The van der Waals surface area contributed by atoms with Crippen LogP contribution in [0.4, 0.5) is 10.2 Å². The van der Waals surface area contributed by atoms with Crippen molar-refractivity contribution < 1.29 is 14.0 Å². The summed E-state index contributed by atoms with van der Waals surface area (Å²) in [4.78, 5) is 29.9. The first kappa shape index (κ1) is 31.8. The third-order valence-corrected chi connectivity index (χ3v) is 7.88. The predicted molar refractivity (Wildman–Crippen MR) is 180 cm³/mol. The molecule has 0 fully saturated rings. The quantitative estimate of drug-likeness (QED) is 0.178. The van der Waals surface area contributed by atoms with Gasteiger partial charge in [-0.25, -0.2) is 9.07 Å². The zero-order chi connectivity index (χ0) is 28.5. The van der Waals surface area contributed by atoms with Gasteiger partial charge in [-0.05, 0) is 60.9 Å². The SMILES string of the molecule is CCN1C(=O)[C@@H](CC(=O)c2cccc(-c3ccccc3)c2)[C@@H](c2ccc(F)cc2)c2c(C)nn(-c3ccccc3)c21.S.S. The number of anilines is 1. The van der Waals surface area contributed by atoms with Gasteiger partial charge in [-0.3, -0.25) is 14.5 Å². The molecule has 1 aliphatic heterocycles. The molecule has 5 aromatic rings. The van der Waals surface area contributed by atoms with Crippen LogP contribution in [0.2, 0.25) is 0 Å². The monoisotopic (exact) mass is 611 g/mol. The zero-order valence-electron chi connectivity index (χ0n) is 24.0. The van der Waals surface area contributed by atoms with Crippen molar-refractivity contribution in [2.24, 2.45) is 5.92 Å². The lowest BCUT2D eigenvalue weighted by Crippen LogP contribution is -2.45. The zero-order valence-corrected chi connectivity index (χ0v) is 26.0. The molecule has 43 heavy (non-hydrogen) atoms. The van der Waals surface area contributed by atoms with Gasteiger partial charge in [0, 0.05) is 30.0 Å². The summed E-state index contributed by atoms with van der Waals surface area (Å²) in [6.07, 6.45) is 0.0189. The van der Waals surface area contributed by atoms with Crippen molar-refractivity contribution >= 4 is 44.5 Å². The molecule has 0 bridgehead atoms. The van der Waals surface area contributed by atoms with Gasteiger partial charge in [-0.1, -0.05) is 78.9 Å². The molecule has 0 spiro atoms. The number of carbonyl (C=O) groups is 2. The molecule has 0 saturated carbocycles. The van der Waals surface area contributed by atoms with Gasteiger partial charge in [-0.15, -0.1) is 0 Å². The standard InChI is InChI=1S/C35H30FN3O2.2H2S/c1-3-38-34-32(23(2)37-39(34)29-15-8-5-9-16-29)33(25-17-19-28(36)20-18-25)30(35(38)41)22-31(40)27-14-10-13-26(21-27)24-11-6-4-7-12-24;;/h4-21,30,33H,3,22H2,1-2H3;2*1H2/t30-,33+;;/m0../s1. The number of aryl methyl sites for hydroxylation is 1. The van der Waals surface area contributed by atoms with Crippen molar-refractivity contribution in [1.29, 1.82) is 0 Å². The van der Waals surface area contributed by atoms with E-state index in [2.05, 4.69) is 0 Å². The van der Waals surface area contributed by atoms with E-state index in [0.29, 0.717) is 17.9 Å². The molecule has 220 valence electrons. The van der Waals surface area contributed by atoms with Crippen LogP contribution in [-0.4, -0.2) is 28.0 Å². The van der Waals surface area contributed by atoms with Gasteiger partial charge in [-0.2, -0.15) is 32.1 Å². The Hall–Kier alpha value is -4.14. The Bertz CT molecular complexity index is 1720. The van der Waals surface area contributed by atoms with Crippen molar-refractivity contribution in [2.75, 3.05) is 11.4 Å². The fraction of sp³-hybridized carbons (Fsp3) is 0.171. The highest BCUT2D eigenvalue weighted by Gasteiger charge is 2.45. The molecule has 0 unspecified atom stereocenters. The molecule has 0 aliphatic carbocycles. The molecule has 5 nitrogen and oxygen atoms in total. The summed E-state index contributed by atoms with van der Waals surface area (Å²) in [7, 11) is 0. The van der Waals surface area contributed by atoms with Crippen LogP contribution in [0.3, 0.4) is 0 Å². The van der Waals surface area contributed by atoms with Crippen molar-refractivity contribution in [3.8, 4) is 16.8 Å². The Morgan fingerprint density at radius 1 is 0.837 bits per heavy atom. The molecule has 1 aliphatic rings. The minimum atomic E-state index is -0.673. The molecular formula is C35H34FN3O2S2. The van der Waals surface area contributed by atoms with Gasteiger partial charge in [0.25, 0.3) is 0 Å². The molecular weight excluding hydrogens is 578 g/mol. The Morgan fingerprint density at radius 3 is 2.12 bits per heavy atom. The van der Waals surface area contributed by atoms with E-state index in [1.165, 1.54) is 12.1 Å². The third-order valence-electron chi connectivity index (χ3n) is 7.88. The van der Waals surface area contributed by atoms with Crippen molar-refractivity contribution in [3.05, 3.63) is 137 Å². The van der Waals surface area contributed by atoms with E-state index < -0.39 is 11.8 Å². The van der Waals surface area contributed by atoms with Crippen LogP contribution < -0.4 is 4.90 Å². The van der Waals surface area contributed by atoms with Gasteiger partial charge < -0.3 is 0 Å². The number of carbonyl (C=O) groups excluding carboxylic acids is 2. The molecule has 1 amide bonds. The lowest BCUT2D eigenvalue weighted by molar-refractivity contribution is -0.123. The van der Waals surface area contributed by atoms with E-state index in [1.54, 1.807) is 23.1 Å². The number of hydrogen-bond donors (Lipinski definition) is 0.